The first-order chi connectivity index (χ1) is 9.19. The number of amides is 1. The number of thioether (sulfide) groups is 1. The van der Waals surface area contributed by atoms with Gasteiger partial charge in [-0.05, 0) is 62.5 Å². The van der Waals surface area contributed by atoms with Gasteiger partial charge in [0.25, 0.3) is 5.91 Å². The number of unbranched alkanes of at least 4 members (excludes halogenated alkanes) is 1. The van der Waals surface area contributed by atoms with Crippen LogP contribution in [0.5, 0.6) is 0 Å². The molecule has 0 heterocycles. The molecule has 0 saturated carbocycles. The molecule has 1 aromatic rings. The molecule has 3 nitrogen and oxygen atoms in total. The number of carbonyl (C=O) groups excluding carboxylic acids is 1. The lowest BCUT2D eigenvalue weighted by Crippen LogP contribution is -2.22. The molecule has 0 saturated heterocycles. The molecule has 0 radical (unpaired) electrons. The van der Waals surface area contributed by atoms with Gasteiger partial charge >= 0.3 is 0 Å². The van der Waals surface area contributed by atoms with Gasteiger partial charge in [0.15, 0.2) is 0 Å². The zero-order valence-corrected chi connectivity index (χ0v) is 12.9. The number of carbonyl (C=O) groups is 1. The number of rotatable bonds is 8. The molecular formula is C15H24N2OS. The van der Waals surface area contributed by atoms with Gasteiger partial charge in [-0.15, -0.1) is 0 Å². The molecule has 0 aliphatic heterocycles. The predicted octanol–water partition coefficient (Wildman–Crippen LogP) is 3.30. The molecule has 0 aromatic heterocycles. The lowest BCUT2D eigenvalue weighted by atomic mass is 10.1. The summed E-state index contributed by atoms with van der Waals surface area (Å²) < 4.78 is 0. The van der Waals surface area contributed by atoms with E-state index in [4.69, 9.17) is 0 Å². The van der Waals surface area contributed by atoms with E-state index in [0.29, 0.717) is 6.54 Å². The molecule has 0 spiro atoms. The summed E-state index contributed by atoms with van der Waals surface area (Å²) in [7, 11) is 0. The van der Waals surface area contributed by atoms with Crippen molar-refractivity contribution < 1.29 is 4.79 Å². The first-order valence-electron chi connectivity index (χ1n) is 6.80. The van der Waals surface area contributed by atoms with E-state index in [1.54, 1.807) is 0 Å². The van der Waals surface area contributed by atoms with Crippen molar-refractivity contribution in [2.45, 2.75) is 26.7 Å². The second kappa shape index (κ2) is 8.86. The Bertz CT molecular complexity index is 407. The smallest absolute Gasteiger partial charge is 0.251 e. The first-order valence-corrected chi connectivity index (χ1v) is 8.20. The van der Waals surface area contributed by atoms with Crippen LogP contribution in [0.3, 0.4) is 0 Å². The second-order valence-corrected chi connectivity index (χ2v) is 5.50. The quantitative estimate of drug-likeness (QED) is 0.718. The third-order valence-corrected chi connectivity index (χ3v) is 3.61. The van der Waals surface area contributed by atoms with E-state index in [0.717, 1.165) is 23.4 Å². The fourth-order valence-electron chi connectivity index (χ4n) is 1.86. The van der Waals surface area contributed by atoms with Crippen LogP contribution in [0.15, 0.2) is 18.2 Å². The van der Waals surface area contributed by atoms with Crippen molar-refractivity contribution in [3.05, 3.63) is 29.3 Å². The summed E-state index contributed by atoms with van der Waals surface area (Å²) in [6.07, 6.45) is 4.56. The Balaban J connectivity index is 2.50. The highest BCUT2D eigenvalue weighted by atomic mass is 32.2. The third kappa shape index (κ3) is 5.55. The van der Waals surface area contributed by atoms with Gasteiger partial charge in [0.1, 0.15) is 0 Å². The van der Waals surface area contributed by atoms with E-state index in [1.165, 1.54) is 18.6 Å². The first kappa shape index (κ1) is 15.9. The van der Waals surface area contributed by atoms with Gasteiger partial charge in [0, 0.05) is 24.3 Å². The highest BCUT2D eigenvalue weighted by molar-refractivity contribution is 7.98. The summed E-state index contributed by atoms with van der Waals surface area (Å²) >= 11 is 1.89. The molecule has 0 unspecified atom stereocenters. The normalized spacial score (nSPS) is 10.3. The van der Waals surface area contributed by atoms with Crippen molar-refractivity contribution >= 4 is 23.4 Å². The maximum Gasteiger partial charge on any atom is 0.251 e. The lowest BCUT2D eigenvalue weighted by Gasteiger charge is -2.11. The zero-order chi connectivity index (χ0) is 14.1. The molecule has 19 heavy (non-hydrogen) atoms. The molecule has 1 amide bonds. The topological polar surface area (TPSA) is 41.1 Å². The van der Waals surface area contributed by atoms with Crippen LogP contribution in [-0.2, 0) is 0 Å². The van der Waals surface area contributed by atoms with Gasteiger partial charge < -0.3 is 10.6 Å². The Morgan fingerprint density at radius 2 is 2.11 bits per heavy atom. The molecule has 0 aliphatic rings. The van der Waals surface area contributed by atoms with Gasteiger partial charge in [0.2, 0.25) is 0 Å². The van der Waals surface area contributed by atoms with Crippen LogP contribution in [0.4, 0.5) is 5.69 Å². The van der Waals surface area contributed by atoms with Gasteiger partial charge in [-0.25, -0.2) is 0 Å². The minimum atomic E-state index is -0.00267. The van der Waals surface area contributed by atoms with Crippen molar-refractivity contribution in [3.63, 3.8) is 0 Å². The maximum atomic E-state index is 11.7. The molecule has 4 heteroatoms. The average molecular weight is 280 g/mol. The zero-order valence-electron chi connectivity index (χ0n) is 12.1. The van der Waals surface area contributed by atoms with E-state index in [9.17, 15) is 4.79 Å². The summed E-state index contributed by atoms with van der Waals surface area (Å²) in [5.41, 5.74) is 2.97. The predicted molar refractivity (Wildman–Crippen MR) is 85.3 cm³/mol. The van der Waals surface area contributed by atoms with Crippen LogP contribution < -0.4 is 10.6 Å². The largest absolute Gasteiger partial charge is 0.385 e. The van der Waals surface area contributed by atoms with Gasteiger partial charge in [0.05, 0.1) is 0 Å². The fraction of sp³-hybridized carbons (Fsp3) is 0.533. The number of anilines is 1. The van der Waals surface area contributed by atoms with Gasteiger partial charge in [-0.1, -0.05) is 0 Å². The van der Waals surface area contributed by atoms with Gasteiger partial charge in [-0.2, -0.15) is 11.8 Å². The van der Waals surface area contributed by atoms with E-state index in [-0.39, 0.29) is 5.91 Å². The number of aryl methyl sites for hydroxylation is 1. The SMILES string of the molecule is CCNC(=O)c1ccc(NCCCCSC)c(C)c1. The number of nitrogens with one attached hydrogen (secondary N) is 2. The molecule has 106 valence electrons. The Hall–Kier alpha value is -1.16. The van der Waals surface area contributed by atoms with Crippen molar-refractivity contribution in [2.75, 3.05) is 30.4 Å². The molecule has 1 rings (SSSR count). The molecule has 2 N–H and O–H groups in total. The highest BCUT2D eigenvalue weighted by Gasteiger charge is 2.06. The number of hydrogen-bond donors (Lipinski definition) is 2. The third-order valence-electron chi connectivity index (χ3n) is 2.92. The summed E-state index contributed by atoms with van der Waals surface area (Å²) in [5.74, 6) is 1.22. The van der Waals surface area contributed by atoms with Gasteiger partial charge in [-0.3, -0.25) is 4.79 Å². The minimum Gasteiger partial charge on any atom is -0.385 e. The van der Waals surface area contributed by atoms with Crippen LogP contribution in [0.2, 0.25) is 0 Å². The lowest BCUT2D eigenvalue weighted by molar-refractivity contribution is 0.0956. The average Bonchev–Trinajstić information content (AvgIpc) is 2.40. The van der Waals surface area contributed by atoms with E-state index in [1.807, 2.05) is 43.8 Å². The van der Waals surface area contributed by atoms with Crippen molar-refractivity contribution in [1.29, 1.82) is 0 Å². The minimum absolute atomic E-state index is 0.00267. The van der Waals surface area contributed by atoms with E-state index in [2.05, 4.69) is 16.9 Å². The van der Waals surface area contributed by atoms with Crippen LogP contribution >= 0.6 is 11.8 Å². The maximum absolute atomic E-state index is 11.7. The van der Waals surface area contributed by atoms with E-state index >= 15 is 0 Å². The molecule has 0 atom stereocenters. The Morgan fingerprint density at radius 1 is 1.32 bits per heavy atom. The Labute approximate surface area is 120 Å². The monoisotopic (exact) mass is 280 g/mol. The molecular weight excluding hydrogens is 256 g/mol. The summed E-state index contributed by atoms with van der Waals surface area (Å²) in [6, 6.07) is 5.81. The Morgan fingerprint density at radius 3 is 2.74 bits per heavy atom. The summed E-state index contributed by atoms with van der Waals surface area (Å²) in [5, 5.41) is 6.24. The fourth-order valence-corrected chi connectivity index (χ4v) is 2.35. The Kier molecular flexibility index (Phi) is 7.41. The summed E-state index contributed by atoms with van der Waals surface area (Å²) in [6.45, 7) is 5.61. The molecule has 0 fully saturated rings. The van der Waals surface area contributed by atoms with Crippen molar-refractivity contribution in [2.24, 2.45) is 0 Å². The van der Waals surface area contributed by atoms with Crippen LogP contribution in [0.1, 0.15) is 35.7 Å². The van der Waals surface area contributed by atoms with Crippen LogP contribution in [0.25, 0.3) is 0 Å². The van der Waals surface area contributed by atoms with Crippen molar-refractivity contribution in [1.82, 2.24) is 5.32 Å². The van der Waals surface area contributed by atoms with Crippen molar-refractivity contribution in [3.8, 4) is 0 Å². The molecule has 0 bridgehead atoms. The second-order valence-electron chi connectivity index (χ2n) is 4.52. The van der Waals surface area contributed by atoms with Crippen LogP contribution in [-0.4, -0.2) is 31.0 Å². The number of benzene rings is 1. The standard InChI is InChI=1S/C15H24N2OS/c1-4-16-15(18)13-7-8-14(12(2)11-13)17-9-5-6-10-19-3/h7-8,11,17H,4-6,9-10H2,1-3H3,(H,16,18). The van der Waals surface area contributed by atoms with Crippen LogP contribution in [0, 0.1) is 6.92 Å². The van der Waals surface area contributed by atoms with E-state index < -0.39 is 0 Å². The summed E-state index contributed by atoms with van der Waals surface area (Å²) in [4.78, 5) is 11.7. The number of hydrogen-bond acceptors (Lipinski definition) is 3. The molecule has 1 aromatic carbocycles. The highest BCUT2D eigenvalue weighted by Crippen LogP contribution is 2.16. The molecule has 0 aliphatic carbocycles.